The van der Waals surface area contributed by atoms with Crippen LogP contribution >= 0.6 is 0 Å². The molecule has 1 aliphatic heterocycles. The van der Waals surface area contributed by atoms with E-state index in [1.54, 1.807) is 0 Å². The van der Waals surface area contributed by atoms with E-state index in [4.69, 9.17) is 0 Å². The van der Waals surface area contributed by atoms with E-state index in [0.717, 1.165) is 60.8 Å². The maximum atomic E-state index is 12.6. The lowest BCUT2D eigenvalue weighted by molar-refractivity contribution is 0.240. The van der Waals surface area contributed by atoms with Gasteiger partial charge >= 0.3 is 6.03 Å². The van der Waals surface area contributed by atoms with Gasteiger partial charge in [0.2, 0.25) is 0 Å². The van der Waals surface area contributed by atoms with Crippen LogP contribution < -0.4 is 15.5 Å². The van der Waals surface area contributed by atoms with Crippen LogP contribution in [-0.4, -0.2) is 68.1 Å². The third-order valence-electron chi connectivity index (χ3n) is 6.33. The largest absolute Gasteiger partial charge is 0.354 e. The second-order valence-electron chi connectivity index (χ2n) is 9.40. The predicted molar refractivity (Wildman–Crippen MR) is 142 cm³/mol. The summed E-state index contributed by atoms with van der Waals surface area (Å²) in [4.78, 5) is 24.0. The van der Waals surface area contributed by atoms with E-state index in [1.807, 2.05) is 30.5 Å². The Hall–Kier alpha value is -3.42. The number of benzene rings is 2. The minimum atomic E-state index is -0.186. The van der Waals surface area contributed by atoms with Gasteiger partial charge in [0, 0.05) is 57.6 Å². The van der Waals surface area contributed by atoms with E-state index < -0.39 is 0 Å². The van der Waals surface area contributed by atoms with Crippen molar-refractivity contribution in [1.29, 1.82) is 0 Å². The van der Waals surface area contributed by atoms with E-state index in [2.05, 4.69) is 87.9 Å². The quantitative estimate of drug-likeness (QED) is 0.525. The Morgan fingerprint density at radius 1 is 0.886 bits per heavy atom. The Balaban J connectivity index is 1.35. The van der Waals surface area contributed by atoms with Gasteiger partial charge in [-0.3, -0.25) is 0 Å². The highest BCUT2D eigenvalue weighted by atomic mass is 16.2. The lowest BCUT2D eigenvalue weighted by atomic mass is 9.98. The molecule has 1 saturated heterocycles. The number of carbonyl (C=O) groups is 1. The zero-order valence-electron chi connectivity index (χ0n) is 21.0. The van der Waals surface area contributed by atoms with E-state index in [1.165, 1.54) is 5.56 Å². The fourth-order valence-corrected chi connectivity index (χ4v) is 4.40. The van der Waals surface area contributed by atoms with Gasteiger partial charge in [-0.25, -0.2) is 9.78 Å². The first-order valence-corrected chi connectivity index (χ1v) is 12.2. The van der Waals surface area contributed by atoms with Gasteiger partial charge in [-0.05, 0) is 49.5 Å². The number of carbonyl (C=O) groups excluding carboxylic acids is 1. The molecular formula is C28H36N6O. The highest BCUT2D eigenvalue weighted by molar-refractivity contribution is 5.75. The van der Waals surface area contributed by atoms with E-state index in [-0.39, 0.29) is 6.03 Å². The van der Waals surface area contributed by atoms with Gasteiger partial charge in [-0.2, -0.15) is 0 Å². The molecule has 2 N–H and O–H groups in total. The lowest BCUT2D eigenvalue weighted by Gasteiger charge is -2.34. The molecule has 0 bridgehead atoms. The summed E-state index contributed by atoms with van der Waals surface area (Å²) < 4.78 is 0. The first-order chi connectivity index (χ1) is 17.0. The maximum Gasteiger partial charge on any atom is 0.315 e. The molecule has 35 heavy (non-hydrogen) atoms. The molecule has 2 amide bonds. The molecule has 0 radical (unpaired) electrons. The molecule has 2 heterocycles. The summed E-state index contributed by atoms with van der Waals surface area (Å²) in [7, 11) is 6.28. The fourth-order valence-electron chi connectivity index (χ4n) is 4.40. The summed E-state index contributed by atoms with van der Waals surface area (Å²) in [5, 5.41) is 6.03. The van der Waals surface area contributed by atoms with Crippen LogP contribution in [0.1, 0.15) is 16.7 Å². The van der Waals surface area contributed by atoms with E-state index in [9.17, 15) is 4.79 Å². The van der Waals surface area contributed by atoms with Crippen LogP contribution in [0.4, 0.5) is 10.6 Å². The zero-order valence-corrected chi connectivity index (χ0v) is 21.0. The van der Waals surface area contributed by atoms with Crippen molar-refractivity contribution in [1.82, 2.24) is 25.4 Å². The third-order valence-corrected chi connectivity index (χ3v) is 6.33. The van der Waals surface area contributed by atoms with E-state index >= 15 is 0 Å². The number of amides is 2. The van der Waals surface area contributed by atoms with Gasteiger partial charge in [-0.15, -0.1) is 0 Å². The highest BCUT2D eigenvalue weighted by Gasteiger charge is 2.18. The fraction of sp³-hybridized carbons (Fsp3) is 0.357. The molecule has 4 rings (SSSR count). The number of hydrogen-bond donors (Lipinski definition) is 2. The zero-order chi connectivity index (χ0) is 24.6. The van der Waals surface area contributed by atoms with Gasteiger partial charge in [0.1, 0.15) is 5.82 Å². The molecule has 7 nitrogen and oxygen atoms in total. The monoisotopic (exact) mass is 472 g/mol. The molecule has 1 fully saturated rings. The number of rotatable bonds is 8. The number of anilines is 1. The smallest absolute Gasteiger partial charge is 0.315 e. The van der Waals surface area contributed by atoms with Crippen LogP contribution in [0.3, 0.4) is 0 Å². The number of urea groups is 1. The Bertz CT molecular complexity index is 1110. The molecule has 1 aromatic heterocycles. The average Bonchev–Trinajstić information content (AvgIpc) is 2.87. The number of pyridine rings is 1. The molecule has 0 unspecified atom stereocenters. The molecule has 0 saturated carbocycles. The van der Waals surface area contributed by atoms with Crippen molar-refractivity contribution >= 4 is 11.8 Å². The minimum absolute atomic E-state index is 0.186. The van der Waals surface area contributed by atoms with Crippen LogP contribution in [0.5, 0.6) is 0 Å². The van der Waals surface area contributed by atoms with Crippen molar-refractivity contribution < 1.29 is 4.79 Å². The van der Waals surface area contributed by atoms with Gasteiger partial charge in [0.05, 0.1) is 0 Å². The summed E-state index contributed by atoms with van der Waals surface area (Å²) >= 11 is 0. The van der Waals surface area contributed by atoms with Crippen LogP contribution in [0, 0.1) is 0 Å². The second kappa shape index (κ2) is 11.8. The lowest BCUT2D eigenvalue weighted by Crippen LogP contribution is -2.45. The minimum Gasteiger partial charge on any atom is -0.354 e. The normalized spacial score (nSPS) is 14.2. The molecule has 0 spiro atoms. The number of aromatic nitrogens is 1. The summed E-state index contributed by atoms with van der Waals surface area (Å²) in [6.45, 7) is 5.73. The third kappa shape index (κ3) is 6.81. The first-order valence-electron chi connectivity index (χ1n) is 12.2. The van der Waals surface area contributed by atoms with Crippen LogP contribution in [0.2, 0.25) is 0 Å². The molecule has 2 aromatic carbocycles. The summed E-state index contributed by atoms with van der Waals surface area (Å²) in [5.74, 6) is 0.962. The van der Waals surface area contributed by atoms with Crippen molar-refractivity contribution in [3.05, 3.63) is 83.6 Å². The van der Waals surface area contributed by atoms with Crippen molar-refractivity contribution in [2.24, 2.45) is 0 Å². The topological polar surface area (TPSA) is 63.7 Å². The van der Waals surface area contributed by atoms with Crippen molar-refractivity contribution in [2.75, 3.05) is 52.2 Å². The Morgan fingerprint density at radius 2 is 1.54 bits per heavy atom. The molecular weight excluding hydrogens is 436 g/mol. The van der Waals surface area contributed by atoms with Crippen LogP contribution in [0.25, 0.3) is 11.1 Å². The highest BCUT2D eigenvalue weighted by Crippen LogP contribution is 2.24. The van der Waals surface area contributed by atoms with Gasteiger partial charge in [0.15, 0.2) is 0 Å². The first kappa shape index (κ1) is 24.7. The number of nitrogens with one attached hydrogen (secondary N) is 2. The molecule has 0 atom stereocenters. The maximum absolute atomic E-state index is 12.6. The van der Waals surface area contributed by atoms with E-state index in [0.29, 0.717) is 13.1 Å². The Morgan fingerprint density at radius 3 is 2.26 bits per heavy atom. The summed E-state index contributed by atoms with van der Waals surface area (Å²) in [5.41, 5.74) is 5.68. The molecule has 3 aromatic rings. The van der Waals surface area contributed by atoms with Crippen molar-refractivity contribution in [2.45, 2.75) is 19.6 Å². The number of hydrogen-bond acceptors (Lipinski definition) is 5. The van der Waals surface area contributed by atoms with Gasteiger partial charge in [-0.1, -0.05) is 54.6 Å². The van der Waals surface area contributed by atoms with Crippen molar-refractivity contribution in [3.63, 3.8) is 0 Å². The summed E-state index contributed by atoms with van der Waals surface area (Å²) in [6.07, 6.45) is 1.82. The second-order valence-corrected chi connectivity index (χ2v) is 9.40. The summed E-state index contributed by atoms with van der Waals surface area (Å²) in [6, 6.07) is 20.6. The SMILES string of the molecule is CN(C)Cc1ccc(-c2ccccc2CNC(=O)NCc2cccnc2N2CCN(C)CC2)cc1. The standard InChI is InChI=1S/C28H36N6O/c1-32(2)21-22-10-12-23(13-11-22)26-9-5-4-7-24(26)19-30-28(35)31-20-25-8-6-14-29-27(25)34-17-15-33(3)16-18-34/h4-14H,15-21H2,1-3H3,(H2,30,31,35). The van der Waals surface area contributed by atoms with Crippen LogP contribution in [0.15, 0.2) is 66.9 Å². The Labute approximate surface area is 208 Å². The van der Waals surface area contributed by atoms with Crippen LogP contribution in [-0.2, 0) is 19.6 Å². The van der Waals surface area contributed by atoms with Gasteiger partial charge in [0.25, 0.3) is 0 Å². The molecule has 1 aliphatic rings. The Kier molecular flexibility index (Phi) is 8.34. The number of nitrogens with zero attached hydrogens (tertiary/aromatic N) is 4. The number of piperazine rings is 1. The predicted octanol–water partition coefficient (Wildman–Crippen LogP) is 3.56. The molecule has 0 aliphatic carbocycles. The molecule has 184 valence electrons. The molecule has 7 heteroatoms. The average molecular weight is 473 g/mol. The van der Waals surface area contributed by atoms with Gasteiger partial charge < -0.3 is 25.3 Å². The van der Waals surface area contributed by atoms with Crippen molar-refractivity contribution in [3.8, 4) is 11.1 Å². The number of likely N-dealkylation sites (N-methyl/N-ethyl adjacent to an activating group) is 1.